The van der Waals surface area contributed by atoms with Crippen molar-refractivity contribution in [1.29, 1.82) is 0 Å². The van der Waals surface area contributed by atoms with Crippen LogP contribution in [0.2, 0.25) is 0 Å². The molecule has 0 saturated carbocycles. The molecule has 0 fully saturated rings. The summed E-state index contributed by atoms with van der Waals surface area (Å²) >= 11 is 0. The van der Waals surface area contributed by atoms with E-state index in [1.807, 2.05) is 30.6 Å². The van der Waals surface area contributed by atoms with E-state index in [0.717, 1.165) is 44.6 Å². The zero-order valence-corrected chi connectivity index (χ0v) is 27.4. The average molecular weight is 646 g/mol. The van der Waals surface area contributed by atoms with Gasteiger partial charge in [0, 0.05) is 34.8 Å². The van der Waals surface area contributed by atoms with Gasteiger partial charge in [0.05, 0.1) is 11.6 Å². The molecule has 0 spiro atoms. The second-order valence-electron chi connectivity index (χ2n) is 12.9. The number of nitrogens with zero attached hydrogens (tertiary/aromatic N) is 3. The van der Waals surface area contributed by atoms with E-state index >= 15 is 0 Å². The summed E-state index contributed by atoms with van der Waals surface area (Å²) in [4.78, 5) is 14.7. The molecule has 240 valence electrons. The summed E-state index contributed by atoms with van der Waals surface area (Å²) in [5, 5.41) is 8.64. The molecule has 6 aromatic rings. The fraction of sp³-hybridized carbons (Fsp3) is 0.0889. The number of nitrogens with one attached hydrogen (secondary N) is 2. The number of allylic oxidation sites excluding steroid dienone is 3. The molecule has 5 heteroatoms. The number of fused-ring (bicyclic) bond motifs is 2. The van der Waals surface area contributed by atoms with Crippen molar-refractivity contribution in [2.45, 2.75) is 24.3 Å². The lowest BCUT2D eigenvalue weighted by atomic mass is 9.82. The SMILES string of the molecule is C1=CC2=CC=CC(c3ccc(C4=NC(c5ccc(-c6ccccc6)cc5)NC(c5ccc(-c6cccc7cccnc67)cc5)N4)cc3)C2N=C1. The minimum absolute atomic E-state index is 0.116. The number of hydrogen-bond donors (Lipinski definition) is 2. The van der Waals surface area contributed by atoms with Gasteiger partial charge in [-0.3, -0.25) is 15.3 Å². The van der Waals surface area contributed by atoms with Crippen molar-refractivity contribution in [3.8, 4) is 22.3 Å². The van der Waals surface area contributed by atoms with E-state index in [0.29, 0.717) is 0 Å². The third kappa shape index (κ3) is 5.78. The number of pyridine rings is 1. The monoisotopic (exact) mass is 645 g/mol. The minimum Gasteiger partial charge on any atom is -0.350 e. The van der Waals surface area contributed by atoms with E-state index in [-0.39, 0.29) is 24.3 Å². The van der Waals surface area contributed by atoms with Gasteiger partial charge in [-0.05, 0) is 51.1 Å². The van der Waals surface area contributed by atoms with Crippen LogP contribution in [0.5, 0.6) is 0 Å². The molecule has 2 aliphatic heterocycles. The number of rotatable bonds is 6. The Morgan fingerprint density at radius 2 is 1.30 bits per heavy atom. The molecule has 50 heavy (non-hydrogen) atoms. The van der Waals surface area contributed by atoms with Gasteiger partial charge in [-0.2, -0.15) is 0 Å². The summed E-state index contributed by atoms with van der Waals surface area (Å²) in [6, 6.07) is 47.4. The first-order chi connectivity index (χ1) is 24.8. The molecule has 4 unspecified atom stereocenters. The smallest absolute Gasteiger partial charge is 0.131 e. The van der Waals surface area contributed by atoms with Gasteiger partial charge in [0.1, 0.15) is 18.2 Å². The van der Waals surface area contributed by atoms with Gasteiger partial charge in [0.2, 0.25) is 0 Å². The lowest BCUT2D eigenvalue weighted by Crippen LogP contribution is -2.44. The quantitative estimate of drug-likeness (QED) is 0.190. The molecule has 1 aliphatic carbocycles. The van der Waals surface area contributed by atoms with Crippen LogP contribution in [-0.2, 0) is 0 Å². The molecule has 0 bridgehead atoms. The first kappa shape index (κ1) is 29.9. The van der Waals surface area contributed by atoms with Gasteiger partial charge >= 0.3 is 0 Å². The number of para-hydroxylation sites is 1. The van der Waals surface area contributed by atoms with Crippen LogP contribution in [-0.4, -0.2) is 23.1 Å². The Labute approximate surface area is 292 Å². The molecule has 3 heterocycles. The molecule has 5 aromatic carbocycles. The Hall–Kier alpha value is -6.17. The number of hydrogen-bond acceptors (Lipinski definition) is 5. The van der Waals surface area contributed by atoms with E-state index in [1.54, 1.807) is 0 Å². The second kappa shape index (κ2) is 13.0. The Kier molecular flexibility index (Phi) is 7.80. The average Bonchev–Trinajstić information content (AvgIpc) is 3.21. The Bertz CT molecular complexity index is 2310. The van der Waals surface area contributed by atoms with Crippen LogP contribution in [0.15, 0.2) is 186 Å². The molecule has 4 atom stereocenters. The van der Waals surface area contributed by atoms with Gasteiger partial charge in [-0.1, -0.05) is 152 Å². The first-order valence-corrected chi connectivity index (χ1v) is 17.2. The fourth-order valence-corrected chi connectivity index (χ4v) is 7.21. The number of aromatic nitrogens is 1. The molecule has 2 N–H and O–H groups in total. The zero-order valence-electron chi connectivity index (χ0n) is 27.4. The number of amidine groups is 1. The summed E-state index contributed by atoms with van der Waals surface area (Å²) in [5.41, 5.74) is 11.4. The Morgan fingerprint density at radius 3 is 2.14 bits per heavy atom. The van der Waals surface area contributed by atoms with Crippen molar-refractivity contribution in [2.24, 2.45) is 9.98 Å². The fourth-order valence-electron chi connectivity index (χ4n) is 7.21. The summed E-state index contributed by atoms with van der Waals surface area (Å²) in [7, 11) is 0. The van der Waals surface area contributed by atoms with Crippen molar-refractivity contribution >= 4 is 23.0 Å². The summed E-state index contributed by atoms with van der Waals surface area (Å²) in [6.45, 7) is 0. The first-order valence-electron chi connectivity index (χ1n) is 17.2. The van der Waals surface area contributed by atoms with Gasteiger partial charge in [-0.25, -0.2) is 4.99 Å². The van der Waals surface area contributed by atoms with Crippen molar-refractivity contribution in [3.05, 3.63) is 198 Å². The molecule has 5 nitrogen and oxygen atoms in total. The van der Waals surface area contributed by atoms with Crippen LogP contribution in [0.25, 0.3) is 33.2 Å². The van der Waals surface area contributed by atoms with Crippen LogP contribution in [0.4, 0.5) is 0 Å². The predicted octanol–water partition coefficient (Wildman–Crippen LogP) is 9.49. The van der Waals surface area contributed by atoms with Gasteiger partial charge in [0.15, 0.2) is 0 Å². The van der Waals surface area contributed by atoms with Crippen LogP contribution in [0, 0.1) is 0 Å². The summed E-state index contributed by atoms with van der Waals surface area (Å²) in [5.74, 6) is 1.06. The van der Waals surface area contributed by atoms with E-state index in [9.17, 15) is 0 Å². The molecule has 0 amide bonds. The highest BCUT2D eigenvalue weighted by Crippen LogP contribution is 2.34. The molecule has 3 aliphatic rings. The maximum absolute atomic E-state index is 5.24. The standard InChI is InChI=1S/C45H35N5/c1-2-8-30(9-3-1)31-16-22-36(23-17-31)43-48-44(37-24-18-32(19-25-37)39-14-4-10-34-12-6-28-46-41(34)39)50-45(49-43)38-26-20-33(21-27-38)40-15-5-11-35-13-7-29-47-42(35)40/h1-29,39,41,43,45,49H,(H,48,50). The van der Waals surface area contributed by atoms with Crippen LogP contribution < -0.4 is 10.6 Å². The maximum atomic E-state index is 5.24. The number of aliphatic imine (C=N–C) groups is 2. The zero-order chi connectivity index (χ0) is 33.3. The summed E-state index contributed by atoms with van der Waals surface area (Å²) in [6.07, 6.45) is 14.1. The van der Waals surface area contributed by atoms with Crippen LogP contribution in [0.1, 0.15) is 40.5 Å². The molecule has 0 radical (unpaired) electrons. The van der Waals surface area contributed by atoms with Gasteiger partial charge < -0.3 is 5.32 Å². The van der Waals surface area contributed by atoms with E-state index in [4.69, 9.17) is 9.98 Å². The lowest BCUT2D eigenvalue weighted by molar-refractivity contribution is 0.409. The summed E-state index contributed by atoms with van der Waals surface area (Å²) < 4.78 is 0. The molecular formula is C45H35N5. The van der Waals surface area contributed by atoms with Crippen molar-refractivity contribution < 1.29 is 0 Å². The normalized spacial score (nSPS) is 20.9. The second-order valence-corrected chi connectivity index (χ2v) is 12.9. The molecule has 0 saturated heterocycles. The van der Waals surface area contributed by atoms with Gasteiger partial charge in [0.25, 0.3) is 0 Å². The largest absolute Gasteiger partial charge is 0.350 e. The Morgan fingerprint density at radius 1 is 0.580 bits per heavy atom. The van der Waals surface area contributed by atoms with Gasteiger partial charge in [-0.15, -0.1) is 0 Å². The van der Waals surface area contributed by atoms with E-state index < -0.39 is 0 Å². The third-order valence-corrected chi connectivity index (χ3v) is 9.86. The highest BCUT2D eigenvalue weighted by atomic mass is 15.3. The Balaban J connectivity index is 1.03. The third-order valence-electron chi connectivity index (χ3n) is 9.86. The molecular weight excluding hydrogens is 611 g/mol. The van der Waals surface area contributed by atoms with Crippen molar-refractivity contribution in [2.75, 3.05) is 0 Å². The van der Waals surface area contributed by atoms with Crippen molar-refractivity contribution in [1.82, 2.24) is 15.6 Å². The lowest BCUT2D eigenvalue weighted by Gasteiger charge is -2.32. The van der Waals surface area contributed by atoms with Crippen LogP contribution in [0.3, 0.4) is 0 Å². The van der Waals surface area contributed by atoms with Crippen LogP contribution >= 0.6 is 0 Å². The molecule has 9 rings (SSSR count). The number of benzene rings is 5. The number of dihydropyridines is 1. The topological polar surface area (TPSA) is 61.7 Å². The minimum atomic E-state index is -0.236. The highest BCUT2D eigenvalue weighted by molar-refractivity contribution is 5.99. The van der Waals surface area contributed by atoms with E-state index in [2.05, 4.69) is 161 Å². The van der Waals surface area contributed by atoms with Crippen molar-refractivity contribution in [3.63, 3.8) is 0 Å². The maximum Gasteiger partial charge on any atom is 0.131 e. The predicted molar refractivity (Wildman–Crippen MR) is 205 cm³/mol. The van der Waals surface area contributed by atoms with E-state index in [1.165, 1.54) is 22.3 Å². The highest BCUT2D eigenvalue weighted by Gasteiger charge is 2.28. The molecule has 1 aromatic heterocycles.